The van der Waals surface area contributed by atoms with Gasteiger partial charge in [0.15, 0.2) is 0 Å². The second-order valence-corrected chi connectivity index (χ2v) is 10.4. The van der Waals surface area contributed by atoms with Gasteiger partial charge in [0.1, 0.15) is 0 Å². The SMILES string of the molecule is CC(C)(C)C1(C)CC(CC2=CC=C(O)C(C)(C(C)(C)C)C2)=CC=C1O. The molecule has 0 aromatic carbocycles. The van der Waals surface area contributed by atoms with Crippen LogP contribution in [0.4, 0.5) is 0 Å². The Bertz CT molecular complexity index is 603. The quantitative estimate of drug-likeness (QED) is 0.564. The fourth-order valence-electron chi connectivity index (χ4n) is 3.80. The predicted octanol–water partition coefficient (Wildman–Crippen LogP) is 7.03. The van der Waals surface area contributed by atoms with Gasteiger partial charge >= 0.3 is 0 Å². The Hall–Kier alpha value is -1.44. The lowest BCUT2D eigenvalue weighted by Gasteiger charge is -2.45. The summed E-state index contributed by atoms with van der Waals surface area (Å²) in [5.41, 5.74) is 2.22. The van der Waals surface area contributed by atoms with Gasteiger partial charge in [0.25, 0.3) is 0 Å². The zero-order valence-electron chi connectivity index (χ0n) is 17.3. The zero-order valence-corrected chi connectivity index (χ0v) is 17.3. The minimum atomic E-state index is -0.238. The van der Waals surface area contributed by atoms with Crippen LogP contribution in [0, 0.1) is 21.7 Å². The molecule has 0 aromatic rings. The van der Waals surface area contributed by atoms with Crippen molar-refractivity contribution in [2.24, 2.45) is 21.7 Å². The molecule has 0 bridgehead atoms. The van der Waals surface area contributed by atoms with Crippen molar-refractivity contribution < 1.29 is 10.2 Å². The van der Waals surface area contributed by atoms with Gasteiger partial charge in [0.05, 0.1) is 11.5 Å². The van der Waals surface area contributed by atoms with Gasteiger partial charge in [-0.3, -0.25) is 0 Å². The van der Waals surface area contributed by atoms with E-state index in [4.69, 9.17) is 0 Å². The van der Waals surface area contributed by atoms with E-state index in [1.54, 1.807) is 0 Å². The van der Waals surface area contributed by atoms with Gasteiger partial charge in [-0.1, -0.05) is 78.7 Å². The van der Waals surface area contributed by atoms with E-state index in [-0.39, 0.29) is 21.7 Å². The summed E-state index contributed by atoms with van der Waals surface area (Å²) in [6, 6.07) is 0. The molecule has 0 radical (unpaired) electrons. The van der Waals surface area contributed by atoms with Crippen LogP contribution in [0.3, 0.4) is 0 Å². The minimum Gasteiger partial charge on any atom is -0.512 e. The van der Waals surface area contributed by atoms with Crippen molar-refractivity contribution in [3.05, 3.63) is 47.0 Å². The summed E-state index contributed by atoms with van der Waals surface area (Å²) in [5, 5.41) is 20.9. The van der Waals surface area contributed by atoms with Gasteiger partial charge < -0.3 is 10.2 Å². The van der Waals surface area contributed by atoms with Gasteiger partial charge in [-0.15, -0.1) is 0 Å². The van der Waals surface area contributed by atoms with Crippen molar-refractivity contribution in [3.8, 4) is 0 Å². The van der Waals surface area contributed by atoms with Crippen molar-refractivity contribution in [3.63, 3.8) is 0 Å². The molecular weight excluding hydrogens is 308 g/mol. The minimum absolute atomic E-state index is 0.00780. The van der Waals surface area contributed by atoms with Gasteiger partial charge in [-0.25, -0.2) is 0 Å². The summed E-state index contributed by atoms with van der Waals surface area (Å²) >= 11 is 0. The van der Waals surface area contributed by atoms with Gasteiger partial charge in [-0.2, -0.15) is 0 Å². The highest BCUT2D eigenvalue weighted by atomic mass is 16.3. The Kier molecular flexibility index (Phi) is 4.83. The third kappa shape index (κ3) is 3.45. The maximum Gasteiger partial charge on any atom is 0.0989 e. The third-order valence-electron chi connectivity index (χ3n) is 7.01. The molecule has 0 saturated carbocycles. The van der Waals surface area contributed by atoms with Crippen molar-refractivity contribution in [2.75, 3.05) is 0 Å². The highest BCUT2D eigenvalue weighted by Crippen LogP contribution is 2.53. The molecule has 0 amide bonds. The third-order valence-corrected chi connectivity index (χ3v) is 7.01. The van der Waals surface area contributed by atoms with Crippen LogP contribution in [0.2, 0.25) is 0 Å². The second-order valence-electron chi connectivity index (χ2n) is 10.4. The van der Waals surface area contributed by atoms with Gasteiger partial charge in [-0.05, 0) is 42.2 Å². The van der Waals surface area contributed by atoms with E-state index < -0.39 is 0 Å². The van der Waals surface area contributed by atoms with Crippen molar-refractivity contribution in [1.82, 2.24) is 0 Å². The van der Waals surface area contributed by atoms with E-state index in [1.165, 1.54) is 11.1 Å². The first-order chi connectivity index (χ1) is 11.2. The highest BCUT2D eigenvalue weighted by Gasteiger charge is 2.45. The molecule has 2 rings (SSSR count). The molecule has 0 aromatic heterocycles. The fourth-order valence-corrected chi connectivity index (χ4v) is 3.80. The number of hydrogen-bond donors (Lipinski definition) is 2. The summed E-state index contributed by atoms with van der Waals surface area (Å²) in [5.74, 6) is 0.969. The van der Waals surface area contributed by atoms with E-state index in [0.717, 1.165) is 19.3 Å². The van der Waals surface area contributed by atoms with Crippen LogP contribution >= 0.6 is 0 Å². The van der Waals surface area contributed by atoms with Crippen LogP contribution < -0.4 is 0 Å². The molecule has 2 nitrogen and oxygen atoms in total. The Morgan fingerprint density at radius 2 is 1.04 bits per heavy atom. The lowest BCUT2D eigenvalue weighted by atomic mass is 9.60. The first kappa shape index (κ1) is 19.9. The average molecular weight is 345 g/mol. The molecule has 2 N–H and O–H groups in total. The lowest BCUT2D eigenvalue weighted by Crippen LogP contribution is -2.37. The van der Waals surface area contributed by atoms with Crippen LogP contribution in [0.25, 0.3) is 0 Å². The Labute approximate surface area is 154 Å². The summed E-state index contributed by atoms with van der Waals surface area (Å²) < 4.78 is 0. The standard InChI is InChI=1S/C23H36O2/c1-20(2,3)22(7)14-16(9-11-18(22)24)13-17-10-12-19(25)23(8,15-17)21(4,5)6/h9-12,24-25H,13-15H2,1-8H3. The molecule has 0 heterocycles. The molecule has 2 aliphatic rings. The largest absolute Gasteiger partial charge is 0.512 e. The fraction of sp³-hybridized carbons (Fsp3) is 0.652. The monoisotopic (exact) mass is 344 g/mol. The van der Waals surface area contributed by atoms with Crippen LogP contribution in [0.5, 0.6) is 0 Å². The zero-order chi connectivity index (χ0) is 19.3. The maximum absolute atomic E-state index is 10.5. The number of aliphatic hydroxyl groups is 2. The second kappa shape index (κ2) is 6.07. The van der Waals surface area contributed by atoms with E-state index in [1.807, 2.05) is 12.2 Å². The van der Waals surface area contributed by atoms with Crippen LogP contribution in [-0.2, 0) is 0 Å². The van der Waals surface area contributed by atoms with Crippen molar-refractivity contribution >= 4 is 0 Å². The molecule has 25 heavy (non-hydrogen) atoms. The molecule has 0 saturated heterocycles. The maximum atomic E-state index is 10.5. The number of rotatable bonds is 2. The molecule has 0 aliphatic heterocycles. The molecule has 0 spiro atoms. The Morgan fingerprint density at radius 1 is 0.720 bits per heavy atom. The van der Waals surface area contributed by atoms with Crippen molar-refractivity contribution in [1.29, 1.82) is 0 Å². The molecule has 2 aliphatic carbocycles. The van der Waals surface area contributed by atoms with E-state index >= 15 is 0 Å². The summed E-state index contributed by atoms with van der Waals surface area (Å²) in [6.45, 7) is 17.5. The Morgan fingerprint density at radius 3 is 1.32 bits per heavy atom. The molecule has 0 fully saturated rings. The number of hydrogen-bond acceptors (Lipinski definition) is 2. The topological polar surface area (TPSA) is 40.5 Å². The average Bonchev–Trinajstić information content (AvgIpc) is 2.44. The molecule has 2 unspecified atom stereocenters. The number of allylic oxidation sites excluding steroid dienone is 8. The lowest BCUT2D eigenvalue weighted by molar-refractivity contribution is 0.0868. The summed E-state index contributed by atoms with van der Waals surface area (Å²) in [7, 11) is 0. The normalized spacial score (nSPS) is 31.0. The van der Waals surface area contributed by atoms with E-state index in [0.29, 0.717) is 11.5 Å². The molecular formula is C23H36O2. The van der Waals surface area contributed by atoms with Crippen LogP contribution in [0.1, 0.15) is 74.7 Å². The first-order valence-corrected chi connectivity index (χ1v) is 9.39. The molecule has 2 heteroatoms. The van der Waals surface area contributed by atoms with E-state index in [2.05, 4.69) is 67.5 Å². The smallest absolute Gasteiger partial charge is 0.0989 e. The summed E-state index contributed by atoms with van der Waals surface area (Å²) in [6.07, 6.45) is 10.6. The molecule has 140 valence electrons. The van der Waals surface area contributed by atoms with Gasteiger partial charge in [0.2, 0.25) is 0 Å². The van der Waals surface area contributed by atoms with Crippen LogP contribution in [0.15, 0.2) is 47.0 Å². The highest BCUT2D eigenvalue weighted by molar-refractivity contribution is 5.35. The first-order valence-electron chi connectivity index (χ1n) is 9.39. The predicted molar refractivity (Wildman–Crippen MR) is 107 cm³/mol. The Balaban J connectivity index is 2.24. The van der Waals surface area contributed by atoms with E-state index in [9.17, 15) is 10.2 Å². The van der Waals surface area contributed by atoms with Gasteiger partial charge in [0, 0.05) is 10.8 Å². The molecule has 2 atom stereocenters. The summed E-state index contributed by atoms with van der Waals surface area (Å²) in [4.78, 5) is 0. The number of aliphatic hydroxyl groups excluding tert-OH is 2. The van der Waals surface area contributed by atoms with Crippen LogP contribution in [-0.4, -0.2) is 10.2 Å². The van der Waals surface area contributed by atoms with Crippen molar-refractivity contribution in [2.45, 2.75) is 74.7 Å².